The Morgan fingerprint density at radius 2 is 1.95 bits per heavy atom. The minimum atomic E-state index is 0.0685. The van der Waals surface area contributed by atoms with Crippen molar-refractivity contribution in [3.8, 4) is 0 Å². The summed E-state index contributed by atoms with van der Waals surface area (Å²) < 4.78 is 0. The number of allylic oxidation sites excluding steroid dienone is 6. The molecule has 1 heterocycles. The zero-order valence-corrected chi connectivity index (χ0v) is 10.7. The highest BCUT2D eigenvalue weighted by atomic mass is 15.3. The van der Waals surface area contributed by atoms with Crippen LogP contribution in [0.15, 0.2) is 36.5 Å². The average molecular weight is 252 g/mol. The largest absolute Gasteiger partial charge is 0.183 e. The lowest BCUT2D eigenvalue weighted by Crippen LogP contribution is -2.18. The third kappa shape index (κ3) is 1.74. The van der Waals surface area contributed by atoms with Gasteiger partial charge in [0.2, 0.25) is 0 Å². The molecule has 0 amide bonds. The van der Waals surface area contributed by atoms with E-state index in [0.29, 0.717) is 5.92 Å². The fraction of sp³-hybridized carbons (Fsp3) is 0.467. The Morgan fingerprint density at radius 3 is 2.68 bits per heavy atom. The number of hydrogen-bond donors (Lipinski definition) is 0. The van der Waals surface area contributed by atoms with Crippen molar-refractivity contribution < 1.29 is 0 Å². The van der Waals surface area contributed by atoms with Gasteiger partial charge in [-0.15, -0.1) is 20.4 Å². The summed E-state index contributed by atoms with van der Waals surface area (Å²) in [7, 11) is 0. The Bertz CT molecular complexity index is 572. The minimum absolute atomic E-state index is 0.0685. The van der Waals surface area contributed by atoms with Gasteiger partial charge in [-0.05, 0) is 31.6 Å². The van der Waals surface area contributed by atoms with Gasteiger partial charge < -0.3 is 0 Å². The van der Waals surface area contributed by atoms with Gasteiger partial charge in [0.05, 0.1) is 5.41 Å². The fourth-order valence-electron chi connectivity index (χ4n) is 3.20. The van der Waals surface area contributed by atoms with E-state index >= 15 is 0 Å². The summed E-state index contributed by atoms with van der Waals surface area (Å²) in [6.45, 7) is 0. The number of rotatable bonds is 2. The predicted octanol–water partition coefficient (Wildman–Crippen LogP) is 2.47. The second kappa shape index (κ2) is 4.08. The molecule has 3 unspecified atom stereocenters. The lowest BCUT2D eigenvalue weighted by atomic mass is 9.95. The summed E-state index contributed by atoms with van der Waals surface area (Å²) in [5, 5.41) is 17.3. The predicted molar refractivity (Wildman–Crippen MR) is 71.4 cm³/mol. The molecule has 0 saturated heterocycles. The van der Waals surface area contributed by atoms with E-state index in [1.54, 1.807) is 0 Å². The summed E-state index contributed by atoms with van der Waals surface area (Å²) in [5.41, 5.74) is 0.0685. The maximum Gasteiger partial charge on any atom is 0.183 e. The van der Waals surface area contributed by atoms with Gasteiger partial charge in [0, 0.05) is 5.92 Å². The number of hydrogen-bond acceptors (Lipinski definition) is 4. The van der Waals surface area contributed by atoms with Crippen molar-refractivity contribution in [2.24, 2.45) is 5.92 Å². The Hall–Kier alpha value is -1.84. The highest BCUT2D eigenvalue weighted by molar-refractivity contribution is 5.32. The van der Waals surface area contributed by atoms with Crippen LogP contribution in [0.5, 0.6) is 0 Å². The van der Waals surface area contributed by atoms with Crippen molar-refractivity contribution >= 4 is 0 Å². The van der Waals surface area contributed by atoms with Gasteiger partial charge in [0.25, 0.3) is 0 Å². The van der Waals surface area contributed by atoms with Crippen LogP contribution in [0.1, 0.15) is 43.3 Å². The van der Waals surface area contributed by atoms with E-state index in [2.05, 4.69) is 44.7 Å². The Morgan fingerprint density at radius 1 is 1.05 bits per heavy atom. The molecule has 4 nitrogen and oxygen atoms in total. The monoisotopic (exact) mass is 252 g/mol. The van der Waals surface area contributed by atoms with Crippen LogP contribution >= 0.6 is 0 Å². The quantitative estimate of drug-likeness (QED) is 0.759. The van der Waals surface area contributed by atoms with E-state index in [4.69, 9.17) is 0 Å². The molecule has 1 aromatic heterocycles. The number of aromatic nitrogens is 4. The molecule has 0 spiro atoms. The molecule has 0 aliphatic heterocycles. The van der Waals surface area contributed by atoms with Gasteiger partial charge in [0.15, 0.2) is 11.6 Å². The molecule has 0 N–H and O–H groups in total. The smallest absolute Gasteiger partial charge is 0.131 e. The van der Waals surface area contributed by atoms with Crippen molar-refractivity contribution in [3.63, 3.8) is 0 Å². The normalized spacial score (nSPS) is 35.2. The maximum absolute atomic E-state index is 4.36. The third-order valence-electron chi connectivity index (χ3n) is 4.47. The SMILES string of the molecule is C1=CCC(c2nnc(C34C=CCCC3C4)nn2)C=C1. The fourth-order valence-corrected chi connectivity index (χ4v) is 3.20. The molecule has 0 aromatic carbocycles. The summed E-state index contributed by atoms with van der Waals surface area (Å²) in [6.07, 6.45) is 17.4. The molecule has 1 saturated carbocycles. The molecule has 96 valence electrons. The Labute approximate surface area is 112 Å². The molecule has 4 rings (SSSR count). The van der Waals surface area contributed by atoms with Crippen LogP contribution in [0, 0.1) is 5.92 Å². The summed E-state index contributed by atoms with van der Waals surface area (Å²) in [5.74, 6) is 2.49. The van der Waals surface area contributed by atoms with Crippen LogP contribution in [-0.2, 0) is 5.41 Å². The highest BCUT2D eigenvalue weighted by Crippen LogP contribution is 2.58. The van der Waals surface area contributed by atoms with E-state index in [1.165, 1.54) is 12.8 Å². The molecular weight excluding hydrogens is 236 g/mol. The van der Waals surface area contributed by atoms with E-state index in [0.717, 1.165) is 24.5 Å². The lowest BCUT2D eigenvalue weighted by Gasteiger charge is -2.15. The van der Waals surface area contributed by atoms with Gasteiger partial charge in [-0.2, -0.15) is 0 Å². The highest BCUT2D eigenvalue weighted by Gasteiger charge is 2.56. The van der Waals surface area contributed by atoms with Crippen LogP contribution < -0.4 is 0 Å². The van der Waals surface area contributed by atoms with Gasteiger partial charge in [-0.3, -0.25) is 0 Å². The van der Waals surface area contributed by atoms with Crippen LogP contribution in [0.25, 0.3) is 0 Å². The van der Waals surface area contributed by atoms with Gasteiger partial charge in [0.1, 0.15) is 0 Å². The maximum atomic E-state index is 4.36. The summed E-state index contributed by atoms with van der Waals surface area (Å²) in [6, 6.07) is 0. The second-order valence-corrected chi connectivity index (χ2v) is 5.66. The molecule has 1 aromatic rings. The standard InChI is InChI=1S/C15H16N4/c1-2-6-11(7-3-1)13-16-18-14(19-17-13)15-9-5-4-8-12(15)10-15/h1-3,5-6,9,11-12H,4,7-8,10H2. The van der Waals surface area contributed by atoms with Gasteiger partial charge in [-0.25, -0.2) is 0 Å². The number of nitrogens with zero attached hydrogens (tertiary/aromatic N) is 4. The van der Waals surface area contributed by atoms with E-state index in [9.17, 15) is 0 Å². The minimum Gasteiger partial charge on any atom is -0.131 e. The second-order valence-electron chi connectivity index (χ2n) is 5.66. The summed E-state index contributed by atoms with van der Waals surface area (Å²) in [4.78, 5) is 0. The van der Waals surface area contributed by atoms with Crippen molar-refractivity contribution in [2.45, 2.75) is 37.0 Å². The molecule has 3 atom stereocenters. The molecule has 0 radical (unpaired) electrons. The average Bonchev–Trinajstić information content (AvgIpc) is 3.24. The zero-order valence-electron chi connectivity index (χ0n) is 10.7. The van der Waals surface area contributed by atoms with Crippen molar-refractivity contribution in [1.82, 2.24) is 20.4 Å². The molecule has 3 aliphatic carbocycles. The molecule has 0 bridgehead atoms. The number of fused-ring (bicyclic) bond motifs is 1. The molecular formula is C15H16N4. The van der Waals surface area contributed by atoms with Crippen molar-refractivity contribution in [1.29, 1.82) is 0 Å². The molecule has 19 heavy (non-hydrogen) atoms. The molecule has 4 heteroatoms. The zero-order chi connectivity index (χ0) is 12.7. The molecule has 1 fully saturated rings. The van der Waals surface area contributed by atoms with Crippen LogP contribution in [-0.4, -0.2) is 20.4 Å². The Balaban J connectivity index is 1.60. The van der Waals surface area contributed by atoms with Gasteiger partial charge in [-0.1, -0.05) is 36.5 Å². The van der Waals surface area contributed by atoms with Crippen LogP contribution in [0.4, 0.5) is 0 Å². The van der Waals surface area contributed by atoms with E-state index in [1.807, 2.05) is 12.2 Å². The van der Waals surface area contributed by atoms with Crippen LogP contribution in [0.3, 0.4) is 0 Å². The first-order chi connectivity index (χ1) is 9.38. The Kier molecular flexibility index (Phi) is 2.37. The summed E-state index contributed by atoms with van der Waals surface area (Å²) >= 11 is 0. The van der Waals surface area contributed by atoms with Crippen molar-refractivity contribution in [3.05, 3.63) is 48.1 Å². The lowest BCUT2D eigenvalue weighted by molar-refractivity contribution is 0.566. The van der Waals surface area contributed by atoms with Crippen molar-refractivity contribution in [2.75, 3.05) is 0 Å². The van der Waals surface area contributed by atoms with Gasteiger partial charge >= 0.3 is 0 Å². The first-order valence-corrected chi connectivity index (χ1v) is 6.97. The van der Waals surface area contributed by atoms with E-state index < -0.39 is 0 Å². The first kappa shape index (κ1) is 11.0. The van der Waals surface area contributed by atoms with E-state index in [-0.39, 0.29) is 11.3 Å². The van der Waals surface area contributed by atoms with Crippen LogP contribution in [0.2, 0.25) is 0 Å². The molecule has 3 aliphatic rings. The third-order valence-corrected chi connectivity index (χ3v) is 4.47. The first-order valence-electron chi connectivity index (χ1n) is 6.97. The topological polar surface area (TPSA) is 51.6 Å².